The van der Waals surface area contributed by atoms with Crippen LogP contribution in [-0.4, -0.2) is 20.5 Å². The number of benzene rings is 1. The highest BCUT2D eigenvalue weighted by Gasteiger charge is 2.17. The number of pyridine rings is 1. The molecule has 0 atom stereocenters. The Morgan fingerprint density at radius 2 is 2.18 bits per heavy atom. The molecule has 0 saturated heterocycles. The lowest BCUT2D eigenvalue weighted by molar-refractivity contribution is 0.0693. The molecule has 0 unspecified atom stereocenters. The molecule has 2 aromatic heterocycles. The van der Waals surface area contributed by atoms with Crippen LogP contribution in [0.15, 0.2) is 42.6 Å². The summed E-state index contributed by atoms with van der Waals surface area (Å²) in [4.78, 5) is 15.4. The minimum atomic E-state index is -1.10. The van der Waals surface area contributed by atoms with Gasteiger partial charge in [-0.2, -0.15) is 0 Å². The molecule has 3 aromatic rings. The third-order valence-electron chi connectivity index (χ3n) is 3.22. The number of ether oxygens (including phenoxy) is 1. The first-order chi connectivity index (χ1) is 10.5. The number of carboxylic acid groups (broad SMARTS) is 1. The van der Waals surface area contributed by atoms with Crippen molar-refractivity contribution in [1.82, 2.24) is 9.38 Å². The molecule has 0 radical (unpaired) electrons. The van der Waals surface area contributed by atoms with Crippen molar-refractivity contribution in [2.24, 2.45) is 0 Å². The van der Waals surface area contributed by atoms with Crippen LogP contribution in [0.1, 0.15) is 21.9 Å². The van der Waals surface area contributed by atoms with Gasteiger partial charge < -0.3 is 9.84 Å². The van der Waals surface area contributed by atoms with Gasteiger partial charge in [0.1, 0.15) is 18.2 Å². The normalized spacial score (nSPS) is 10.8. The Hall–Kier alpha value is -2.89. The van der Waals surface area contributed by atoms with Gasteiger partial charge in [0.05, 0.1) is 5.52 Å². The van der Waals surface area contributed by atoms with Gasteiger partial charge >= 0.3 is 5.97 Å². The van der Waals surface area contributed by atoms with Crippen LogP contribution in [0.5, 0.6) is 5.75 Å². The monoisotopic (exact) mass is 300 g/mol. The van der Waals surface area contributed by atoms with E-state index in [9.17, 15) is 14.3 Å². The fourth-order valence-corrected chi connectivity index (χ4v) is 2.22. The van der Waals surface area contributed by atoms with Crippen LogP contribution in [0.3, 0.4) is 0 Å². The molecule has 0 aliphatic rings. The van der Waals surface area contributed by atoms with E-state index < -0.39 is 11.8 Å². The van der Waals surface area contributed by atoms with Crippen LogP contribution in [0.25, 0.3) is 5.52 Å². The van der Waals surface area contributed by atoms with Crippen LogP contribution in [0, 0.1) is 12.7 Å². The average molecular weight is 300 g/mol. The molecule has 0 aliphatic heterocycles. The standard InChI is InChI=1S/C16H13FN2O3/c1-10-5-6-13-15(16(20)21)18-14(19(13)8-10)9-22-12-4-2-3-11(17)7-12/h2-8H,9H2,1H3,(H,20,21). The van der Waals surface area contributed by atoms with E-state index >= 15 is 0 Å². The van der Waals surface area contributed by atoms with Crippen LogP contribution in [-0.2, 0) is 6.61 Å². The molecule has 112 valence electrons. The first-order valence-corrected chi connectivity index (χ1v) is 6.64. The van der Waals surface area contributed by atoms with Crippen LogP contribution < -0.4 is 4.74 Å². The lowest BCUT2D eigenvalue weighted by Gasteiger charge is -2.06. The molecule has 6 heteroatoms. The molecule has 3 rings (SSSR count). The van der Waals surface area contributed by atoms with Crippen molar-refractivity contribution in [3.05, 3.63) is 65.5 Å². The fraction of sp³-hybridized carbons (Fsp3) is 0.125. The predicted molar refractivity (Wildman–Crippen MR) is 77.6 cm³/mol. The molecule has 0 saturated carbocycles. The number of aromatic carboxylic acids is 1. The Kier molecular flexibility index (Phi) is 3.50. The van der Waals surface area contributed by atoms with Crippen molar-refractivity contribution in [2.75, 3.05) is 0 Å². The molecule has 0 aliphatic carbocycles. The lowest BCUT2D eigenvalue weighted by atomic mass is 10.2. The predicted octanol–water partition coefficient (Wildman–Crippen LogP) is 3.06. The van der Waals surface area contributed by atoms with Gasteiger partial charge in [-0.25, -0.2) is 14.2 Å². The van der Waals surface area contributed by atoms with Crippen molar-refractivity contribution < 1.29 is 19.0 Å². The third kappa shape index (κ3) is 2.63. The van der Waals surface area contributed by atoms with E-state index in [0.29, 0.717) is 17.1 Å². The van der Waals surface area contributed by atoms with Gasteiger partial charge in [-0.1, -0.05) is 12.1 Å². The Labute approximate surface area is 125 Å². The molecule has 0 amide bonds. The van der Waals surface area contributed by atoms with E-state index in [1.165, 1.54) is 12.1 Å². The summed E-state index contributed by atoms with van der Waals surface area (Å²) in [6.45, 7) is 1.94. The number of rotatable bonds is 4. The zero-order chi connectivity index (χ0) is 15.7. The van der Waals surface area contributed by atoms with Gasteiger partial charge in [0.25, 0.3) is 0 Å². The summed E-state index contributed by atoms with van der Waals surface area (Å²) in [5.41, 5.74) is 1.43. The van der Waals surface area contributed by atoms with Crippen LogP contribution in [0.2, 0.25) is 0 Å². The average Bonchev–Trinajstić information content (AvgIpc) is 2.83. The summed E-state index contributed by atoms with van der Waals surface area (Å²) < 4.78 is 20.3. The van der Waals surface area contributed by atoms with Gasteiger partial charge in [0.15, 0.2) is 11.5 Å². The number of carboxylic acids is 1. The van der Waals surface area contributed by atoms with Crippen molar-refractivity contribution in [3.63, 3.8) is 0 Å². The summed E-state index contributed by atoms with van der Waals surface area (Å²) in [5, 5.41) is 9.22. The topological polar surface area (TPSA) is 63.8 Å². The second-order valence-electron chi connectivity index (χ2n) is 4.89. The molecular weight excluding hydrogens is 287 g/mol. The minimum Gasteiger partial charge on any atom is -0.486 e. The summed E-state index contributed by atoms with van der Waals surface area (Å²) >= 11 is 0. The second-order valence-corrected chi connectivity index (χ2v) is 4.89. The summed E-state index contributed by atoms with van der Waals surface area (Å²) in [7, 11) is 0. The first kappa shape index (κ1) is 14.1. The molecule has 0 bridgehead atoms. The second kappa shape index (κ2) is 5.48. The van der Waals surface area contributed by atoms with E-state index in [1.54, 1.807) is 28.8 Å². The van der Waals surface area contributed by atoms with E-state index in [2.05, 4.69) is 4.98 Å². The molecule has 0 fully saturated rings. The molecule has 22 heavy (non-hydrogen) atoms. The fourth-order valence-electron chi connectivity index (χ4n) is 2.22. The Balaban J connectivity index is 1.96. The first-order valence-electron chi connectivity index (χ1n) is 6.64. The van der Waals surface area contributed by atoms with Crippen molar-refractivity contribution in [2.45, 2.75) is 13.5 Å². The van der Waals surface area contributed by atoms with Crippen LogP contribution in [0.4, 0.5) is 4.39 Å². The number of hydrogen-bond donors (Lipinski definition) is 1. The number of nitrogens with zero attached hydrogens (tertiary/aromatic N) is 2. The Morgan fingerprint density at radius 1 is 1.36 bits per heavy atom. The zero-order valence-corrected chi connectivity index (χ0v) is 11.8. The highest BCUT2D eigenvalue weighted by Crippen LogP contribution is 2.18. The number of aryl methyl sites for hydroxylation is 1. The maximum Gasteiger partial charge on any atom is 0.356 e. The largest absolute Gasteiger partial charge is 0.486 e. The van der Waals surface area contributed by atoms with E-state index in [0.717, 1.165) is 5.56 Å². The quantitative estimate of drug-likeness (QED) is 0.804. The van der Waals surface area contributed by atoms with Gasteiger partial charge in [-0.05, 0) is 30.7 Å². The number of imidazole rings is 1. The number of hydrogen-bond acceptors (Lipinski definition) is 3. The molecule has 2 heterocycles. The molecule has 1 N–H and O–H groups in total. The molecular formula is C16H13FN2O3. The third-order valence-corrected chi connectivity index (χ3v) is 3.22. The van der Waals surface area contributed by atoms with E-state index in [4.69, 9.17) is 4.74 Å². The lowest BCUT2D eigenvalue weighted by Crippen LogP contribution is -2.02. The Bertz CT molecular complexity index is 858. The van der Waals surface area contributed by atoms with E-state index in [-0.39, 0.29) is 12.3 Å². The summed E-state index contributed by atoms with van der Waals surface area (Å²) in [6, 6.07) is 9.28. The van der Waals surface area contributed by atoms with Crippen molar-refractivity contribution in [3.8, 4) is 5.75 Å². The number of aromatic nitrogens is 2. The number of carbonyl (C=O) groups is 1. The molecule has 0 spiro atoms. The van der Waals surface area contributed by atoms with Gasteiger partial charge in [-0.3, -0.25) is 4.40 Å². The zero-order valence-electron chi connectivity index (χ0n) is 11.8. The highest BCUT2D eigenvalue weighted by atomic mass is 19.1. The molecule has 1 aromatic carbocycles. The maximum absolute atomic E-state index is 13.1. The van der Waals surface area contributed by atoms with Gasteiger partial charge in [0, 0.05) is 12.3 Å². The number of fused-ring (bicyclic) bond motifs is 1. The highest BCUT2D eigenvalue weighted by molar-refractivity contribution is 5.93. The summed E-state index contributed by atoms with van der Waals surface area (Å²) in [6.07, 6.45) is 1.79. The van der Waals surface area contributed by atoms with Crippen LogP contribution >= 0.6 is 0 Å². The van der Waals surface area contributed by atoms with Gasteiger partial charge in [0.2, 0.25) is 0 Å². The van der Waals surface area contributed by atoms with E-state index in [1.807, 2.05) is 13.0 Å². The summed E-state index contributed by atoms with van der Waals surface area (Å²) in [5.74, 6) is -0.687. The smallest absolute Gasteiger partial charge is 0.356 e. The molecule has 5 nitrogen and oxygen atoms in total. The van der Waals surface area contributed by atoms with Crippen molar-refractivity contribution in [1.29, 1.82) is 0 Å². The minimum absolute atomic E-state index is 0.0298. The SMILES string of the molecule is Cc1ccc2c(C(=O)O)nc(COc3cccc(F)c3)n2c1. The Morgan fingerprint density at radius 3 is 2.91 bits per heavy atom. The number of halogens is 1. The van der Waals surface area contributed by atoms with Gasteiger partial charge in [-0.15, -0.1) is 0 Å². The van der Waals surface area contributed by atoms with Crippen molar-refractivity contribution >= 4 is 11.5 Å². The maximum atomic E-state index is 13.1.